The first-order chi connectivity index (χ1) is 19.9. The van der Waals surface area contributed by atoms with Gasteiger partial charge in [0.05, 0.1) is 0 Å². The minimum atomic E-state index is -0.226. The molecule has 0 N–H and O–H groups in total. The van der Waals surface area contributed by atoms with Crippen molar-refractivity contribution in [3.8, 4) is 0 Å². The molecule has 2 aromatic rings. The first-order valence-corrected chi connectivity index (χ1v) is 18.5. The van der Waals surface area contributed by atoms with Crippen LogP contribution >= 0.6 is 7.92 Å². The van der Waals surface area contributed by atoms with Gasteiger partial charge in [0.25, 0.3) is 0 Å². The maximum Gasteiger partial charge on any atom is 0.208 e. The second-order valence-electron chi connectivity index (χ2n) is 16.3. The zero-order valence-electron chi connectivity index (χ0n) is 25.7. The fourth-order valence-corrected chi connectivity index (χ4v) is 18.3. The van der Waals surface area contributed by atoms with Gasteiger partial charge in [-0.15, -0.1) is 0 Å². The SMILES string of the molecule is Cc1cc(C)c(N2[C]N(c3ccccc3P(C34CC5CC(CC(C5)C3)C4)C34CC5CC(CC(C5)C3)C4)CC2)c(C)c1. The smallest absolute Gasteiger partial charge is 0.208 e. The molecule has 41 heavy (non-hydrogen) atoms. The molecule has 9 aliphatic rings. The fraction of sp³-hybridized carbons (Fsp3) is 0.658. The number of benzene rings is 2. The summed E-state index contributed by atoms with van der Waals surface area (Å²) in [6.45, 7) is 12.8. The van der Waals surface area contributed by atoms with Crippen LogP contribution in [0.3, 0.4) is 0 Å². The van der Waals surface area contributed by atoms with E-state index in [0.29, 0.717) is 10.3 Å². The highest BCUT2D eigenvalue weighted by atomic mass is 31.1. The summed E-state index contributed by atoms with van der Waals surface area (Å²) in [7, 11) is -0.226. The molecule has 3 heteroatoms. The van der Waals surface area contributed by atoms with Gasteiger partial charge in [-0.2, -0.15) is 0 Å². The van der Waals surface area contributed by atoms with Crippen LogP contribution < -0.4 is 15.1 Å². The van der Waals surface area contributed by atoms with Gasteiger partial charge in [0.1, 0.15) is 0 Å². The number of aryl methyl sites for hydroxylation is 3. The lowest BCUT2D eigenvalue weighted by Gasteiger charge is -2.67. The Labute approximate surface area is 250 Å². The van der Waals surface area contributed by atoms with Crippen LogP contribution in [0, 0.1) is 62.9 Å². The van der Waals surface area contributed by atoms with Gasteiger partial charge in [-0.25, -0.2) is 0 Å². The molecule has 2 nitrogen and oxygen atoms in total. The summed E-state index contributed by atoms with van der Waals surface area (Å²) in [5.74, 6) is 6.17. The summed E-state index contributed by atoms with van der Waals surface area (Å²) in [4.78, 5) is 5.00. The van der Waals surface area contributed by atoms with E-state index in [0.717, 1.165) is 48.6 Å². The fourth-order valence-electron chi connectivity index (χ4n) is 13.0. The van der Waals surface area contributed by atoms with Crippen molar-refractivity contribution in [3.63, 3.8) is 0 Å². The lowest BCUT2D eigenvalue weighted by molar-refractivity contribution is 0.0195. The number of hydrogen-bond acceptors (Lipinski definition) is 2. The molecule has 8 saturated carbocycles. The van der Waals surface area contributed by atoms with E-state index in [1.165, 1.54) is 28.1 Å². The third-order valence-electron chi connectivity index (χ3n) is 13.1. The van der Waals surface area contributed by atoms with E-state index in [1.807, 2.05) is 0 Å². The number of nitrogens with zero attached hydrogens (tertiary/aromatic N) is 2. The Morgan fingerprint density at radius 3 is 1.56 bits per heavy atom. The zero-order valence-corrected chi connectivity index (χ0v) is 26.6. The minimum absolute atomic E-state index is 0.226. The number of rotatable bonds is 5. The van der Waals surface area contributed by atoms with Crippen LogP contribution in [0.25, 0.3) is 0 Å². The lowest BCUT2D eigenvalue weighted by atomic mass is 9.55. The van der Waals surface area contributed by atoms with E-state index in [4.69, 9.17) is 0 Å². The van der Waals surface area contributed by atoms with Crippen molar-refractivity contribution in [2.45, 2.75) is 108 Å². The van der Waals surface area contributed by atoms with Crippen LogP contribution in [0.5, 0.6) is 0 Å². The van der Waals surface area contributed by atoms with E-state index < -0.39 is 0 Å². The molecule has 0 spiro atoms. The maximum atomic E-state index is 3.94. The highest BCUT2D eigenvalue weighted by molar-refractivity contribution is 7.69. The van der Waals surface area contributed by atoms with Crippen LogP contribution in [0.4, 0.5) is 11.4 Å². The molecule has 8 bridgehead atoms. The van der Waals surface area contributed by atoms with Gasteiger partial charge in [-0.05, 0) is 161 Å². The summed E-state index contributed by atoms with van der Waals surface area (Å²) in [5.41, 5.74) is 7.03. The first kappa shape index (κ1) is 25.9. The van der Waals surface area contributed by atoms with Crippen LogP contribution in [0.1, 0.15) is 93.7 Å². The van der Waals surface area contributed by atoms with E-state index in [2.05, 4.69) is 73.6 Å². The van der Waals surface area contributed by atoms with Crippen molar-refractivity contribution in [2.75, 3.05) is 22.9 Å². The molecule has 0 unspecified atom stereocenters. The maximum absolute atomic E-state index is 3.94. The Balaban J connectivity index is 1.13. The van der Waals surface area contributed by atoms with Crippen LogP contribution in [-0.4, -0.2) is 23.4 Å². The van der Waals surface area contributed by atoms with E-state index in [9.17, 15) is 0 Å². The summed E-state index contributed by atoms with van der Waals surface area (Å²) in [6, 6.07) is 14.6. The Morgan fingerprint density at radius 2 is 1.07 bits per heavy atom. The Morgan fingerprint density at radius 1 is 0.634 bits per heavy atom. The Kier molecular flexibility index (Phi) is 5.84. The van der Waals surface area contributed by atoms with Crippen molar-refractivity contribution in [3.05, 3.63) is 59.8 Å². The summed E-state index contributed by atoms with van der Waals surface area (Å²) >= 11 is 0. The van der Waals surface area contributed by atoms with Gasteiger partial charge >= 0.3 is 0 Å². The van der Waals surface area contributed by atoms with Gasteiger partial charge in [0.15, 0.2) is 0 Å². The van der Waals surface area contributed by atoms with E-state index in [1.54, 1.807) is 82.4 Å². The Bertz CT molecular complexity index is 1220. The van der Waals surface area contributed by atoms with Gasteiger partial charge in [0, 0.05) is 29.8 Å². The number of para-hydroxylation sites is 1. The standard InChI is InChI=1S/C38H49N2P/c1-25-10-26(2)36(27(3)11-25)40-9-8-39(24-40)34-6-4-5-7-35(34)41(37-18-28-12-29(19-37)14-30(13-28)20-37)38-21-31-15-32(22-38)17-33(16-31)23-38/h4-7,10-11,28-33H,8-9,12-23H2,1-3H3. The molecule has 2 aromatic carbocycles. The van der Waals surface area contributed by atoms with Gasteiger partial charge in [-0.1, -0.05) is 43.8 Å². The minimum Gasteiger partial charge on any atom is -0.339 e. The molecule has 1 heterocycles. The monoisotopic (exact) mass is 564 g/mol. The van der Waals surface area contributed by atoms with Gasteiger partial charge < -0.3 is 9.80 Å². The molecule has 1 saturated heterocycles. The number of hydrogen-bond donors (Lipinski definition) is 0. The average Bonchev–Trinajstić information content (AvgIpc) is 3.36. The predicted octanol–water partition coefficient (Wildman–Crippen LogP) is 8.98. The normalized spacial score (nSPS) is 41.0. The molecule has 11 rings (SSSR count). The lowest BCUT2D eigenvalue weighted by Crippen LogP contribution is -2.58. The average molecular weight is 565 g/mol. The molecule has 0 atom stereocenters. The van der Waals surface area contributed by atoms with Crippen molar-refractivity contribution in [2.24, 2.45) is 35.5 Å². The topological polar surface area (TPSA) is 6.48 Å². The highest BCUT2D eigenvalue weighted by Crippen LogP contribution is 2.78. The van der Waals surface area contributed by atoms with Crippen LogP contribution in [-0.2, 0) is 0 Å². The van der Waals surface area contributed by atoms with Crippen molar-refractivity contribution < 1.29 is 0 Å². The van der Waals surface area contributed by atoms with Gasteiger partial charge in [0.2, 0.25) is 6.67 Å². The van der Waals surface area contributed by atoms with E-state index in [-0.39, 0.29) is 7.92 Å². The predicted molar refractivity (Wildman–Crippen MR) is 173 cm³/mol. The second kappa shape index (κ2) is 9.24. The molecule has 216 valence electrons. The van der Waals surface area contributed by atoms with Crippen molar-refractivity contribution in [1.82, 2.24) is 0 Å². The van der Waals surface area contributed by atoms with Crippen molar-refractivity contribution >= 4 is 24.6 Å². The third kappa shape index (κ3) is 4.05. The second-order valence-corrected chi connectivity index (χ2v) is 19.3. The van der Waals surface area contributed by atoms with Crippen LogP contribution in [0.2, 0.25) is 0 Å². The highest BCUT2D eigenvalue weighted by Gasteiger charge is 2.63. The molecule has 0 aromatic heterocycles. The molecule has 1 aliphatic heterocycles. The van der Waals surface area contributed by atoms with Gasteiger partial charge in [-0.3, -0.25) is 0 Å². The first-order valence-electron chi connectivity index (χ1n) is 17.1. The number of anilines is 2. The molecule has 2 radical (unpaired) electrons. The van der Waals surface area contributed by atoms with Crippen LogP contribution in [0.15, 0.2) is 36.4 Å². The molecule has 0 amide bonds. The molecule has 9 fully saturated rings. The molecular formula is C38H49N2P. The summed E-state index contributed by atoms with van der Waals surface area (Å²) < 4.78 is 0. The third-order valence-corrected chi connectivity index (χ3v) is 16.9. The Hall–Kier alpha value is -1.53. The van der Waals surface area contributed by atoms with Crippen molar-refractivity contribution in [1.29, 1.82) is 0 Å². The molecule has 8 aliphatic carbocycles. The quantitative estimate of drug-likeness (QED) is 0.335. The molecular weight excluding hydrogens is 515 g/mol. The summed E-state index contributed by atoms with van der Waals surface area (Å²) in [6.07, 6.45) is 18.7. The zero-order chi connectivity index (χ0) is 27.5. The largest absolute Gasteiger partial charge is 0.339 e. The van der Waals surface area contributed by atoms with E-state index >= 15 is 0 Å². The summed E-state index contributed by atoms with van der Waals surface area (Å²) in [5, 5.41) is 3.00.